The Morgan fingerprint density at radius 1 is 0.706 bits per heavy atom. The maximum Gasteiger partial charge on any atom is 0.229 e. The van der Waals surface area contributed by atoms with E-state index in [1.165, 1.54) is 0 Å². The number of benzene rings is 2. The van der Waals surface area contributed by atoms with Crippen molar-refractivity contribution in [1.29, 1.82) is 0 Å². The molecule has 0 heterocycles. The smallest absolute Gasteiger partial charge is 0.229 e. The first-order valence-electron chi connectivity index (χ1n) is 11.2. The minimum Gasteiger partial charge on any atom is -0.356 e. The molecule has 0 radical (unpaired) electrons. The molecule has 0 aliphatic rings. The molecule has 9 heteroatoms. The summed E-state index contributed by atoms with van der Waals surface area (Å²) in [7, 11) is 0. The minimum absolute atomic E-state index is 0.0426. The lowest BCUT2D eigenvalue weighted by Crippen LogP contribution is -2.33. The lowest BCUT2D eigenvalue weighted by molar-refractivity contribution is -0.129. The van der Waals surface area contributed by atoms with Crippen LogP contribution in [0.2, 0.25) is 0 Å². The molecule has 0 saturated carbocycles. The summed E-state index contributed by atoms with van der Waals surface area (Å²) in [6, 6.07) is 16.1. The summed E-state index contributed by atoms with van der Waals surface area (Å²) in [6.07, 6.45) is 1.92. The lowest BCUT2D eigenvalue weighted by atomic mass is 10.1. The van der Waals surface area contributed by atoms with Gasteiger partial charge in [-0.3, -0.25) is 24.0 Å². The summed E-state index contributed by atoms with van der Waals surface area (Å²) in [5.41, 5.74) is 1.72. The molecule has 0 aliphatic carbocycles. The van der Waals surface area contributed by atoms with Gasteiger partial charge in [0.05, 0.1) is 12.1 Å². The molecule has 2 aromatic carbocycles. The molecule has 0 fully saturated rings. The Balaban J connectivity index is 1.53. The van der Waals surface area contributed by atoms with Crippen molar-refractivity contribution in [1.82, 2.24) is 16.0 Å². The average Bonchev–Trinajstić information content (AvgIpc) is 2.82. The molecule has 0 bridgehead atoms. The van der Waals surface area contributed by atoms with Crippen molar-refractivity contribution in [2.45, 2.75) is 32.1 Å². The third-order valence-corrected chi connectivity index (χ3v) is 4.89. The molecule has 0 atom stereocenters. The molecule has 34 heavy (non-hydrogen) atoms. The van der Waals surface area contributed by atoms with Crippen molar-refractivity contribution in [3.8, 4) is 0 Å². The minimum atomic E-state index is -0.474. The molecule has 0 spiro atoms. The maximum atomic E-state index is 12.3. The van der Waals surface area contributed by atoms with Crippen LogP contribution >= 0.6 is 0 Å². The van der Waals surface area contributed by atoms with Crippen LogP contribution in [0, 0.1) is 0 Å². The summed E-state index contributed by atoms with van der Waals surface area (Å²) in [5.74, 6) is -1.16. The lowest BCUT2D eigenvalue weighted by Gasteiger charge is -2.09. The van der Waals surface area contributed by atoms with Crippen LogP contribution in [0.5, 0.6) is 0 Å². The molecule has 0 unspecified atom stereocenters. The molecule has 0 aromatic heterocycles. The first-order valence-corrected chi connectivity index (χ1v) is 11.2. The highest BCUT2D eigenvalue weighted by Gasteiger charge is 2.13. The largest absolute Gasteiger partial charge is 0.356 e. The number of nitrogens with one attached hydrogen (secondary N) is 4. The van der Waals surface area contributed by atoms with Gasteiger partial charge in [0, 0.05) is 31.6 Å². The Hall–Kier alpha value is -4.01. The number of amides is 4. The highest BCUT2D eigenvalue weighted by atomic mass is 16.2. The third-order valence-electron chi connectivity index (χ3n) is 4.89. The van der Waals surface area contributed by atoms with E-state index in [1.54, 1.807) is 24.3 Å². The Morgan fingerprint density at radius 3 is 1.97 bits per heavy atom. The number of para-hydroxylation sites is 1. The van der Waals surface area contributed by atoms with Gasteiger partial charge in [0.15, 0.2) is 5.78 Å². The highest BCUT2D eigenvalue weighted by Crippen LogP contribution is 2.15. The van der Waals surface area contributed by atoms with E-state index in [2.05, 4.69) is 21.3 Å². The van der Waals surface area contributed by atoms with Crippen LogP contribution < -0.4 is 21.3 Å². The van der Waals surface area contributed by atoms with Crippen LogP contribution in [0.4, 0.5) is 5.69 Å². The number of hydrogen-bond acceptors (Lipinski definition) is 5. The molecule has 0 aliphatic heterocycles. The van der Waals surface area contributed by atoms with E-state index in [0.717, 1.165) is 5.56 Å². The molecule has 2 aromatic rings. The normalized spacial score (nSPS) is 10.1. The second-order valence-corrected chi connectivity index (χ2v) is 7.58. The molecule has 2 rings (SSSR count). The van der Waals surface area contributed by atoms with E-state index in [0.29, 0.717) is 50.0 Å². The van der Waals surface area contributed by atoms with Crippen LogP contribution in [0.3, 0.4) is 0 Å². The van der Waals surface area contributed by atoms with Gasteiger partial charge < -0.3 is 21.3 Å². The van der Waals surface area contributed by atoms with Crippen molar-refractivity contribution >= 4 is 35.6 Å². The quantitative estimate of drug-likeness (QED) is 0.137. The fraction of sp³-hybridized carbons (Fsp3) is 0.320. The summed E-state index contributed by atoms with van der Waals surface area (Å²) >= 11 is 0. The van der Waals surface area contributed by atoms with Crippen molar-refractivity contribution in [3.05, 3.63) is 65.7 Å². The standard InChI is InChI=1S/C25H30N4O5/c30-18-29-21-11-5-4-10-20(21)22(31)12-15-28-25(34)17-24(33)27-14-7-6-13-26-23(32)16-19-8-2-1-3-9-19/h1-5,8-11,18H,6-7,12-17H2,(H,26,32)(H,27,33)(H,28,34)(H,29,30). The molecule has 4 N–H and O–H groups in total. The second kappa shape index (κ2) is 14.9. The SMILES string of the molecule is O=CNc1ccccc1C(=O)CCNC(=O)CC(=O)NCCCCNC(=O)Cc1ccccc1. The van der Waals surface area contributed by atoms with Crippen molar-refractivity contribution in [2.24, 2.45) is 0 Å². The van der Waals surface area contributed by atoms with Gasteiger partial charge in [-0.2, -0.15) is 0 Å². The van der Waals surface area contributed by atoms with Gasteiger partial charge in [0.2, 0.25) is 24.1 Å². The van der Waals surface area contributed by atoms with Crippen LogP contribution in [0.15, 0.2) is 54.6 Å². The number of Topliss-reactive ketones (excluding diaryl/α,β-unsaturated/α-hetero) is 1. The van der Waals surface area contributed by atoms with Crippen molar-refractivity contribution < 1.29 is 24.0 Å². The number of rotatable bonds is 15. The van der Waals surface area contributed by atoms with Crippen LogP contribution in [0.1, 0.15) is 41.6 Å². The number of carbonyl (C=O) groups excluding carboxylic acids is 5. The Labute approximate surface area is 198 Å². The molecule has 9 nitrogen and oxygen atoms in total. The van der Waals surface area contributed by atoms with Gasteiger partial charge in [0.1, 0.15) is 6.42 Å². The van der Waals surface area contributed by atoms with E-state index in [4.69, 9.17) is 0 Å². The molecule has 180 valence electrons. The fourth-order valence-corrected chi connectivity index (χ4v) is 3.19. The fourth-order valence-electron chi connectivity index (χ4n) is 3.19. The van der Waals surface area contributed by atoms with E-state index >= 15 is 0 Å². The second-order valence-electron chi connectivity index (χ2n) is 7.58. The molecule has 4 amide bonds. The average molecular weight is 467 g/mol. The van der Waals surface area contributed by atoms with Crippen LogP contribution in [0.25, 0.3) is 0 Å². The number of unbranched alkanes of at least 4 members (excludes halogenated alkanes) is 1. The number of carbonyl (C=O) groups is 5. The zero-order valence-electron chi connectivity index (χ0n) is 19.0. The zero-order valence-corrected chi connectivity index (χ0v) is 19.0. The zero-order chi connectivity index (χ0) is 24.6. The van der Waals surface area contributed by atoms with Gasteiger partial charge in [0.25, 0.3) is 0 Å². The molecular weight excluding hydrogens is 436 g/mol. The van der Waals surface area contributed by atoms with E-state index in [1.807, 2.05) is 30.3 Å². The summed E-state index contributed by atoms with van der Waals surface area (Å²) in [5, 5.41) is 10.5. The monoisotopic (exact) mass is 466 g/mol. The van der Waals surface area contributed by atoms with Crippen molar-refractivity contribution in [2.75, 3.05) is 25.0 Å². The predicted molar refractivity (Wildman–Crippen MR) is 128 cm³/mol. The summed E-state index contributed by atoms with van der Waals surface area (Å²) < 4.78 is 0. The Bertz CT molecular complexity index is 978. The van der Waals surface area contributed by atoms with Gasteiger partial charge >= 0.3 is 0 Å². The highest BCUT2D eigenvalue weighted by molar-refractivity contribution is 6.03. The molecule has 0 saturated heterocycles. The molecular formula is C25H30N4O5. The van der Waals surface area contributed by atoms with E-state index < -0.39 is 11.8 Å². The number of ketones is 1. The van der Waals surface area contributed by atoms with Crippen LogP contribution in [-0.4, -0.2) is 49.5 Å². The Kier molecular flexibility index (Phi) is 11.5. The maximum absolute atomic E-state index is 12.3. The van der Waals surface area contributed by atoms with Gasteiger partial charge in [-0.05, 0) is 30.5 Å². The van der Waals surface area contributed by atoms with Gasteiger partial charge in [-0.1, -0.05) is 42.5 Å². The van der Waals surface area contributed by atoms with Crippen molar-refractivity contribution in [3.63, 3.8) is 0 Å². The third kappa shape index (κ3) is 10.1. The van der Waals surface area contributed by atoms with Gasteiger partial charge in [-0.15, -0.1) is 0 Å². The number of anilines is 1. The summed E-state index contributed by atoms with van der Waals surface area (Å²) in [6.45, 7) is 1.00. The first kappa shape index (κ1) is 26.2. The first-order chi connectivity index (χ1) is 16.5. The van der Waals surface area contributed by atoms with Gasteiger partial charge in [-0.25, -0.2) is 0 Å². The van der Waals surface area contributed by atoms with Crippen LogP contribution in [-0.2, 0) is 25.6 Å². The van der Waals surface area contributed by atoms with E-state index in [9.17, 15) is 24.0 Å². The summed E-state index contributed by atoms with van der Waals surface area (Å²) in [4.78, 5) is 58.6. The topological polar surface area (TPSA) is 133 Å². The van der Waals surface area contributed by atoms with E-state index in [-0.39, 0.29) is 31.1 Å². The number of hydrogen-bond donors (Lipinski definition) is 4. The predicted octanol–water partition coefficient (Wildman–Crippen LogP) is 1.59. The Morgan fingerprint density at radius 2 is 1.29 bits per heavy atom.